The van der Waals surface area contributed by atoms with Gasteiger partial charge in [0.15, 0.2) is 0 Å². The Morgan fingerprint density at radius 1 is 1.73 bits per heavy atom. The van der Waals surface area contributed by atoms with E-state index in [1.165, 1.54) is 7.11 Å². The molecule has 0 radical (unpaired) electrons. The number of alkyl halides is 1. The van der Waals surface area contributed by atoms with Crippen LogP contribution in [0.2, 0.25) is 0 Å². The third-order valence-electron chi connectivity index (χ3n) is 3.08. The van der Waals surface area contributed by atoms with Gasteiger partial charge in [-0.1, -0.05) is 0 Å². The minimum Gasteiger partial charge on any atom is -0.469 e. The van der Waals surface area contributed by atoms with E-state index in [1.54, 1.807) is 0 Å². The van der Waals surface area contributed by atoms with E-state index in [9.17, 15) is 4.79 Å². The van der Waals surface area contributed by atoms with Gasteiger partial charge in [-0.2, -0.15) is 0 Å². The molecule has 0 heterocycles. The highest BCUT2D eigenvalue weighted by Crippen LogP contribution is 2.61. The zero-order chi connectivity index (χ0) is 8.06. The molecular formula is C8H11ClO2. The molecule has 0 aromatic heterocycles. The zero-order valence-corrected chi connectivity index (χ0v) is 7.23. The second kappa shape index (κ2) is 2.13. The number of carbonyl (C=O) groups is 1. The summed E-state index contributed by atoms with van der Waals surface area (Å²) in [4.78, 5) is 11.0. The van der Waals surface area contributed by atoms with Crippen LogP contribution in [0.1, 0.15) is 19.3 Å². The number of carbonyl (C=O) groups excluding carboxylic acids is 1. The summed E-state index contributed by atoms with van der Waals surface area (Å²) >= 11 is 6.13. The van der Waals surface area contributed by atoms with Crippen molar-refractivity contribution < 1.29 is 9.53 Å². The second-order valence-electron chi connectivity index (χ2n) is 3.51. The molecule has 0 aromatic rings. The second-order valence-corrected chi connectivity index (χ2v) is 4.27. The standard InChI is InChI=1S/C8H11ClO2/c1-11-7(10)5-4-8(9)3-2-6(5)8/h5-6H,2-4H2,1H3. The molecule has 3 unspecified atom stereocenters. The van der Waals surface area contributed by atoms with Crippen molar-refractivity contribution in [2.24, 2.45) is 11.8 Å². The van der Waals surface area contributed by atoms with Crippen molar-refractivity contribution in [3.05, 3.63) is 0 Å². The Kier molecular flexibility index (Phi) is 1.43. The SMILES string of the molecule is COC(=O)C1CC2(Cl)CCC12. The van der Waals surface area contributed by atoms with Crippen molar-refractivity contribution in [3.63, 3.8) is 0 Å². The lowest BCUT2D eigenvalue weighted by atomic mass is 9.52. The Labute approximate surface area is 70.9 Å². The maximum absolute atomic E-state index is 11.0. The zero-order valence-electron chi connectivity index (χ0n) is 6.47. The van der Waals surface area contributed by atoms with Crippen LogP contribution in [0.15, 0.2) is 0 Å². The van der Waals surface area contributed by atoms with Crippen LogP contribution in [0.3, 0.4) is 0 Å². The van der Waals surface area contributed by atoms with Crippen molar-refractivity contribution in [1.29, 1.82) is 0 Å². The summed E-state index contributed by atoms with van der Waals surface area (Å²) in [6.45, 7) is 0. The Balaban J connectivity index is 1.98. The number of hydrogen-bond donors (Lipinski definition) is 0. The molecule has 0 N–H and O–H groups in total. The Hall–Kier alpha value is -0.240. The largest absolute Gasteiger partial charge is 0.469 e. The van der Waals surface area contributed by atoms with E-state index in [-0.39, 0.29) is 16.8 Å². The predicted molar refractivity (Wildman–Crippen MR) is 41.4 cm³/mol. The van der Waals surface area contributed by atoms with E-state index in [4.69, 9.17) is 11.6 Å². The number of rotatable bonds is 1. The first kappa shape index (κ1) is 7.41. The summed E-state index contributed by atoms with van der Waals surface area (Å²) in [6.07, 6.45) is 3.00. The Morgan fingerprint density at radius 2 is 2.45 bits per heavy atom. The van der Waals surface area contributed by atoms with Gasteiger partial charge < -0.3 is 4.74 Å². The van der Waals surface area contributed by atoms with Crippen LogP contribution in [0.25, 0.3) is 0 Å². The Morgan fingerprint density at radius 3 is 2.73 bits per heavy atom. The molecule has 2 saturated carbocycles. The number of fused-ring (bicyclic) bond motifs is 1. The third kappa shape index (κ3) is 0.821. The molecule has 0 bridgehead atoms. The number of ether oxygens (including phenoxy) is 1. The van der Waals surface area contributed by atoms with E-state index in [2.05, 4.69) is 4.74 Å². The number of hydrogen-bond acceptors (Lipinski definition) is 2. The van der Waals surface area contributed by atoms with Gasteiger partial charge in [-0.05, 0) is 25.2 Å². The van der Waals surface area contributed by atoms with Crippen LogP contribution < -0.4 is 0 Å². The third-order valence-corrected chi connectivity index (χ3v) is 3.71. The van der Waals surface area contributed by atoms with Gasteiger partial charge in [-0.15, -0.1) is 11.6 Å². The van der Waals surface area contributed by atoms with Gasteiger partial charge in [0.05, 0.1) is 13.0 Å². The molecule has 0 spiro atoms. The Bertz CT molecular complexity index is 204. The fourth-order valence-corrected chi connectivity index (χ4v) is 2.72. The summed E-state index contributed by atoms with van der Waals surface area (Å²) in [5.41, 5.74) is 0. The molecule has 3 atom stereocenters. The maximum atomic E-state index is 11.0. The van der Waals surface area contributed by atoms with E-state index < -0.39 is 0 Å². The highest BCUT2D eigenvalue weighted by Gasteiger charge is 2.61. The molecule has 2 rings (SSSR count). The number of methoxy groups -OCH3 is 1. The normalized spacial score (nSPS) is 46.7. The first-order chi connectivity index (χ1) is 5.17. The van der Waals surface area contributed by atoms with Crippen LogP contribution in [0, 0.1) is 11.8 Å². The molecule has 11 heavy (non-hydrogen) atoms. The van der Waals surface area contributed by atoms with Crippen molar-refractivity contribution in [3.8, 4) is 0 Å². The summed E-state index contributed by atoms with van der Waals surface area (Å²) in [7, 11) is 1.44. The fourth-order valence-electron chi connectivity index (χ4n) is 2.19. The lowest BCUT2D eigenvalue weighted by molar-refractivity contribution is -0.158. The van der Waals surface area contributed by atoms with Crippen LogP contribution in [0.5, 0.6) is 0 Å². The highest BCUT2D eigenvalue weighted by atomic mass is 35.5. The minimum absolute atomic E-state index is 0.0150. The molecule has 62 valence electrons. The van der Waals surface area contributed by atoms with Crippen molar-refractivity contribution in [2.75, 3.05) is 7.11 Å². The predicted octanol–water partition coefficient (Wildman–Crippen LogP) is 1.57. The van der Waals surface area contributed by atoms with E-state index >= 15 is 0 Å². The average Bonchev–Trinajstić information content (AvgIpc) is 2.00. The molecule has 0 saturated heterocycles. The van der Waals surface area contributed by atoms with Gasteiger partial charge in [0.2, 0.25) is 0 Å². The monoisotopic (exact) mass is 174 g/mol. The maximum Gasteiger partial charge on any atom is 0.309 e. The van der Waals surface area contributed by atoms with Crippen molar-refractivity contribution in [2.45, 2.75) is 24.1 Å². The fraction of sp³-hybridized carbons (Fsp3) is 0.875. The van der Waals surface area contributed by atoms with Gasteiger partial charge in [0.25, 0.3) is 0 Å². The number of halogens is 1. The molecule has 2 aliphatic rings. The minimum atomic E-state index is -0.0778. The molecule has 0 aromatic carbocycles. The van der Waals surface area contributed by atoms with Gasteiger partial charge in [0.1, 0.15) is 0 Å². The van der Waals surface area contributed by atoms with Gasteiger partial charge in [-0.3, -0.25) is 4.79 Å². The summed E-state index contributed by atoms with van der Waals surface area (Å²) < 4.78 is 4.65. The summed E-state index contributed by atoms with van der Waals surface area (Å²) in [6, 6.07) is 0. The molecule has 2 nitrogen and oxygen atoms in total. The van der Waals surface area contributed by atoms with Crippen molar-refractivity contribution >= 4 is 17.6 Å². The van der Waals surface area contributed by atoms with Crippen LogP contribution >= 0.6 is 11.6 Å². The smallest absolute Gasteiger partial charge is 0.309 e. The number of esters is 1. The van der Waals surface area contributed by atoms with Crippen LogP contribution in [0.4, 0.5) is 0 Å². The average molecular weight is 175 g/mol. The van der Waals surface area contributed by atoms with Crippen LogP contribution in [-0.2, 0) is 9.53 Å². The van der Waals surface area contributed by atoms with Crippen LogP contribution in [-0.4, -0.2) is 18.0 Å². The lowest BCUT2D eigenvalue weighted by Crippen LogP contribution is -2.59. The van der Waals surface area contributed by atoms with Gasteiger partial charge >= 0.3 is 5.97 Å². The van der Waals surface area contributed by atoms with E-state index in [0.29, 0.717) is 5.92 Å². The molecule has 2 aliphatic carbocycles. The lowest BCUT2D eigenvalue weighted by Gasteiger charge is -2.58. The highest BCUT2D eigenvalue weighted by molar-refractivity contribution is 6.26. The summed E-state index contributed by atoms with van der Waals surface area (Å²) in [5.74, 6) is 0.439. The first-order valence-electron chi connectivity index (χ1n) is 3.94. The van der Waals surface area contributed by atoms with E-state index in [1.807, 2.05) is 0 Å². The molecule has 3 heteroatoms. The van der Waals surface area contributed by atoms with Gasteiger partial charge in [-0.25, -0.2) is 0 Å². The molecule has 2 fully saturated rings. The molecular weight excluding hydrogens is 164 g/mol. The van der Waals surface area contributed by atoms with Crippen molar-refractivity contribution in [1.82, 2.24) is 0 Å². The topological polar surface area (TPSA) is 26.3 Å². The summed E-state index contributed by atoms with van der Waals surface area (Å²) in [5, 5.41) is 0. The molecule has 0 amide bonds. The molecule has 0 aliphatic heterocycles. The quantitative estimate of drug-likeness (QED) is 0.446. The van der Waals surface area contributed by atoms with Gasteiger partial charge in [0, 0.05) is 4.87 Å². The first-order valence-corrected chi connectivity index (χ1v) is 4.32. The van der Waals surface area contributed by atoms with E-state index in [0.717, 1.165) is 19.3 Å².